The monoisotopic (exact) mass is 475 g/mol. The molecule has 0 spiro atoms. The second kappa shape index (κ2) is 10.1. The van der Waals surface area contributed by atoms with E-state index in [1.54, 1.807) is 77.7 Å². The van der Waals surface area contributed by atoms with Crippen LogP contribution in [0.2, 0.25) is 0 Å². The van der Waals surface area contributed by atoms with Crippen LogP contribution in [-0.4, -0.2) is 41.5 Å². The molecule has 34 heavy (non-hydrogen) atoms. The lowest BCUT2D eigenvalue weighted by Crippen LogP contribution is -2.32. The van der Waals surface area contributed by atoms with Crippen molar-refractivity contribution in [3.8, 4) is 5.69 Å². The van der Waals surface area contributed by atoms with Gasteiger partial charge in [-0.2, -0.15) is 5.10 Å². The van der Waals surface area contributed by atoms with Gasteiger partial charge in [0.15, 0.2) is 9.84 Å². The molecule has 2 amide bonds. The largest absolute Gasteiger partial charge is 0.343 e. The zero-order chi connectivity index (χ0) is 24.0. The Kier molecular flexibility index (Phi) is 6.79. The number of hydrogen-bond donors (Lipinski definition) is 2. The fourth-order valence-electron chi connectivity index (χ4n) is 3.19. The summed E-state index contributed by atoms with van der Waals surface area (Å²) in [5.41, 5.74) is 2.26. The van der Waals surface area contributed by atoms with E-state index in [0.717, 1.165) is 5.69 Å². The van der Waals surface area contributed by atoms with Gasteiger partial charge < -0.3 is 10.6 Å². The summed E-state index contributed by atoms with van der Waals surface area (Å²) < 4.78 is 26.6. The van der Waals surface area contributed by atoms with Crippen LogP contribution in [0.5, 0.6) is 0 Å². The number of nitrogens with one attached hydrogen (secondary N) is 2. The van der Waals surface area contributed by atoms with Crippen LogP contribution in [0.25, 0.3) is 5.69 Å². The molecule has 3 aromatic carbocycles. The lowest BCUT2D eigenvalue weighted by molar-refractivity contribution is -0.115. The Labute approximate surface area is 196 Å². The average Bonchev–Trinajstić information content (AvgIpc) is 3.39. The molecule has 0 saturated heterocycles. The molecule has 2 N–H and O–H groups in total. The summed E-state index contributed by atoms with van der Waals surface area (Å²) in [4.78, 5) is 28.7. The number of amides is 2. The molecule has 0 bridgehead atoms. The molecular formula is C24H21N5O4S. The summed E-state index contributed by atoms with van der Waals surface area (Å²) in [7, 11) is -3.47. The quantitative estimate of drug-likeness (QED) is 0.404. The Morgan fingerprint density at radius 2 is 1.59 bits per heavy atom. The summed E-state index contributed by atoms with van der Waals surface area (Å²) >= 11 is 0. The van der Waals surface area contributed by atoms with E-state index < -0.39 is 15.7 Å². The minimum Gasteiger partial charge on any atom is -0.343 e. The van der Waals surface area contributed by atoms with Crippen LogP contribution in [0.15, 0.2) is 96.4 Å². The van der Waals surface area contributed by atoms with Crippen molar-refractivity contribution in [2.24, 2.45) is 0 Å². The Hall–Kier alpha value is -4.31. The first-order chi connectivity index (χ1) is 16.4. The number of hydrogen-bond acceptors (Lipinski definition) is 6. The highest BCUT2D eigenvalue weighted by Crippen LogP contribution is 2.17. The molecule has 1 heterocycles. The van der Waals surface area contributed by atoms with Gasteiger partial charge in [0.1, 0.15) is 12.7 Å². The first kappa shape index (κ1) is 22.9. The minimum absolute atomic E-state index is 0.170. The van der Waals surface area contributed by atoms with E-state index in [-0.39, 0.29) is 23.1 Å². The normalized spacial score (nSPS) is 11.1. The molecule has 0 atom stereocenters. The minimum atomic E-state index is -3.47. The Morgan fingerprint density at radius 1 is 0.882 bits per heavy atom. The predicted molar refractivity (Wildman–Crippen MR) is 126 cm³/mol. The topological polar surface area (TPSA) is 123 Å². The average molecular weight is 476 g/mol. The summed E-state index contributed by atoms with van der Waals surface area (Å²) in [6.45, 7) is -0.214. The van der Waals surface area contributed by atoms with Gasteiger partial charge in [0.2, 0.25) is 5.91 Å². The summed E-state index contributed by atoms with van der Waals surface area (Å²) in [6.07, 6.45) is 3.00. The number of carbonyl (C=O) groups excluding carboxylic acids is 2. The lowest BCUT2D eigenvalue weighted by atomic mass is 10.1. The van der Waals surface area contributed by atoms with E-state index in [1.807, 2.05) is 0 Å². The zero-order valence-corrected chi connectivity index (χ0v) is 18.8. The van der Waals surface area contributed by atoms with Gasteiger partial charge in [-0.05, 0) is 54.1 Å². The second-order valence-corrected chi connectivity index (χ2v) is 9.38. The molecule has 4 rings (SSSR count). The third-order valence-electron chi connectivity index (χ3n) is 4.92. The smallest absolute Gasteiger partial charge is 0.251 e. The van der Waals surface area contributed by atoms with Crippen molar-refractivity contribution >= 4 is 27.3 Å². The highest BCUT2D eigenvalue weighted by Gasteiger charge is 2.15. The number of benzene rings is 3. The van der Waals surface area contributed by atoms with Crippen LogP contribution in [0, 0.1) is 0 Å². The Balaban J connectivity index is 1.28. The molecule has 0 radical (unpaired) electrons. The molecule has 0 aliphatic rings. The van der Waals surface area contributed by atoms with Gasteiger partial charge in [-0.25, -0.2) is 18.1 Å². The Bertz CT molecular complexity index is 1370. The predicted octanol–water partition coefficient (Wildman–Crippen LogP) is 2.61. The van der Waals surface area contributed by atoms with Crippen molar-refractivity contribution < 1.29 is 18.0 Å². The molecule has 172 valence electrons. The van der Waals surface area contributed by atoms with Gasteiger partial charge in [-0.3, -0.25) is 9.59 Å². The highest BCUT2D eigenvalue weighted by molar-refractivity contribution is 7.90. The van der Waals surface area contributed by atoms with Crippen molar-refractivity contribution in [3.63, 3.8) is 0 Å². The molecule has 0 saturated carbocycles. The SMILES string of the molecule is O=C(CNC(=O)c1ccc(CS(=O)(=O)c2ccccc2)cc1)Nc1ccc(-n2cncn2)cc1. The van der Waals surface area contributed by atoms with E-state index in [4.69, 9.17) is 0 Å². The molecule has 0 aliphatic carbocycles. The van der Waals surface area contributed by atoms with Crippen molar-refractivity contribution in [2.75, 3.05) is 11.9 Å². The molecule has 0 unspecified atom stereocenters. The summed E-state index contributed by atoms with van der Waals surface area (Å²) in [5.74, 6) is -0.988. The van der Waals surface area contributed by atoms with Crippen molar-refractivity contribution in [1.82, 2.24) is 20.1 Å². The van der Waals surface area contributed by atoms with Crippen LogP contribution in [0.4, 0.5) is 5.69 Å². The van der Waals surface area contributed by atoms with E-state index >= 15 is 0 Å². The fraction of sp³-hybridized carbons (Fsp3) is 0.0833. The molecular weight excluding hydrogens is 454 g/mol. The maximum Gasteiger partial charge on any atom is 0.251 e. The van der Waals surface area contributed by atoms with Crippen molar-refractivity contribution in [1.29, 1.82) is 0 Å². The first-order valence-electron chi connectivity index (χ1n) is 10.3. The van der Waals surface area contributed by atoms with Crippen molar-refractivity contribution in [2.45, 2.75) is 10.6 Å². The number of anilines is 1. The van der Waals surface area contributed by atoms with E-state index in [0.29, 0.717) is 16.8 Å². The van der Waals surface area contributed by atoms with Gasteiger partial charge in [0.05, 0.1) is 22.9 Å². The second-order valence-electron chi connectivity index (χ2n) is 7.39. The summed E-state index contributed by atoms with van der Waals surface area (Å²) in [6, 6.07) is 21.4. The highest BCUT2D eigenvalue weighted by atomic mass is 32.2. The molecule has 0 fully saturated rings. The summed E-state index contributed by atoms with van der Waals surface area (Å²) in [5, 5.41) is 9.29. The standard InChI is InChI=1S/C24H21N5O4S/c30-23(28-20-10-12-21(13-11-20)29-17-25-16-27-29)14-26-24(31)19-8-6-18(7-9-19)15-34(32,33)22-4-2-1-3-5-22/h1-13,16-17H,14-15H2,(H,26,31)(H,28,30). The third kappa shape index (κ3) is 5.73. The Morgan fingerprint density at radius 3 is 2.24 bits per heavy atom. The van der Waals surface area contributed by atoms with Crippen LogP contribution in [-0.2, 0) is 20.4 Å². The third-order valence-corrected chi connectivity index (χ3v) is 6.62. The van der Waals surface area contributed by atoms with Crippen LogP contribution in [0.3, 0.4) is 0 Å². The van der Waals surface area contributed by atoms with Gasteiger partial charge >= 0.3 is 0 Å². The van der Waals surface area contributed by atoms with Gasteiger partial charge in [-0.1, -0.05) is 30.3 Å². The van der Waals surface area contributed by atoms with Gasteiger partial charge in [-0.15, -0.1) is 0 Å². The number of sulfone groups is 1. The molecule has 1 aromatic heterocycles. The van der Waals surface area contributed by atoms with Gasteiger partial charge in [0, 0.05) is 11.3 Å². The van der Waals surface area contributed by atoms with Gasteiger partial charge in [0.25, 0.3) is 5.91 Å². The van der Waals surface area contributed by atoms with E-state index in [9.17, 15) is 18.0 Å². The van der Waals surface area contributed by atoms with Crippen LogP contribution in [0.1, 0.15) is 15.9 Å². The maximum absolute atomic E-state index is 12.5. The van der Waals surface area contributed by atoms with Crippen molar-refractivity contribution in [3.05, 3.63) is 103 Å². The number of carbonyl (C=O) groups is 2. The fourth-order valence-corrected chi connectivity index (χ4v) is 4.56. The molecule has 9 nitrogen and oxygen atoms in total. The van der Waals surface area contributed by atoms with Crippen LogP contribution < -0.4 is 10.6 Å². The zero-order valence-electron chi connectivity index (χ0n) is 18.0. The maximum atomic E-state index is 12.5. The first-order valence-corrected chi connectivity index (χ1v) is 12.0. The van der Waals surface area contributed by atoms with E-state index in [1.165, 1.54) is 18.5 Å². The van der Waals surface area contributed by atoms with E-state index in [2.05, 4.69) is 20.7 Å². The van der Waals surface area contributed by atoms with Crippen LogP contribution >= 0.6 is 0 Å². The number of aromatic nitrogens is 3. The molecule has 4 aromatic rings. The lowest BCUT2D eigenvalue weighted by Gasteiger charge is -2.09. The number of rotatable bonds is 8. The number of nitrogens with zero attached hydrogens (tertiary/aromatic N) is 3. The molecule has 10 heteroatoms. The molecule has 0 aliphatic heterocycles.